The molecule has 5 nitrogen and oxygen atoms in total. The maximum Gasteiger partial charge on any atom is 0.169 e. The lowest BCUT2D eigenvalue weighted by atomic mass is 10.5. The molecule has 0 saturated carbocycles. The van der Waals surface area contributed by atoms with E-state index in [0.717, 1.165) is 41.6 Å². The van der Waals surface area contributed by atoms with Crippen LogP contribution in [0, 0.1) is 0 Å². The number of imidazole rings is 1. The van der Waals surface area contributed by atoms with Gasteiger partial charge in [-0.1, -0.05) is 6.92 Å². The Kier molecular flexibility index (Phi) is 4.83. The highest BCUT2D eigenvalue weighted by Gasteiger charge is 2.07. The van der Waals surface area contributed by atoms with Crippen LogP contribution in [0.25, 0.3) is 5.65 Å². The van der Waals surface area contributed by atoms with Crippen LogP contribution in [0.2, 0.25) is 0 Å². The lowest BCUT2D eigenvalue weighted by molar-refractivity contribution is 0.296. The second kappa shape index (κ2) is 6.61. The number of aliphatic hydroxyl groups is 1. The maximum absolute atomic E-state index is 8.82. The van der Waals surface area contributed by atoms with Gasteiger partial charge in [0.15, 0.2) is 5.65 Å². The topological polar surface area (TPSA) is 62.5 Å². The van der Waals surface area contributed by atoms with Gasteiger partial charge in [0.2, 0.25) is 0 Å². The van der Waals surface area contributed by atoms with Gasteiger partial charge >= 0.3 is 0 Å². The summed E-state index contributed by atoms with van der Waals surface area (Å²) in [4.78, 5) is 8.88. The highest BCUT2D eigenvalue weighted by molar-refractivity contribution is 7.99. The molecule has 0 aromatic carbocycles. The highest BCUT2D eigenvalue weighted by Crippen LogP contribution is 2.23. The minimum absolute atomic E-state index is 0.214. The molecule has 0 aliphatic rings. The number of anilines is 1. The van der Waals surface area contributed by atoms with Crippen molar-refractivity contribution >= 4 is 23.2 Å². The standard InChI is InChI=1S/C12H18N4OS/c1-2-4-13-10-9-16-6-5-14-11(16)12(15-10)18-8-3-7-17/h5-6,9,13,17H,2-4,7-8H2,1H3. The average molecular weight is 266 g/mol. The highest BCUT2D eigenvalue weighted by atomic mass is 32.2. The van der Waals surface area contributed by atoms with Gasteiger partial charge in [-0.3, -0.25) is 0 Å². The van der Waals surface area contributed by atoms with Crippen molar-refractivity contribution in [1.82, 2.24) is 14.4 Å². The summed E-state index contributed by atoms with van der Waals surface area (Å²) in [5.74, 6) is 1.72. The van der Waals surface area contributed by atoms with Crippen molar-refractivity contribution < 1.29 is 5.11 Å². The van der Waals surface area contributed by atoms with Gasteiger partial charge in [-0.05, 0) is 12.8 Å². The zero-order valence-corrected chi connectivity index (χ0v) is 11.3. The van der Waals surface area contributed by atoms with Crippen LogP contribution in [-0.2, 0) is 0 Å². The Balaban J connectivity index is 2.21. The van der Waals surface area contributed by atoms with Crippen LogP contribution in [0.3, 0.4) is 0 Å². The summed E-state index contributed by atoms with van der Waals surface area (Å²) < 4.78 is 1.98. The number of nitrogens with zero attached hydrogens (tertiary/aromatic N) is 3. The summed E-state index contributed by atoms with van der Waals surface area (Å²) >= 11 is 1.63. The van der Waals surface area contributed by atoms with E-state index in [2.05, 4.69) is 22.2 Å². The molecule has 0 saturated heterocycles. The molecule has 0 fully saturated rings. The molecule has 0 bridgehead atoms. The molecule has 2 rings (SSSR count). The van der Waals surface area contributed by atoms with Crippen LogP contribution in [0.1, 0.15) is 19.8 Å². The van der Waals surface area contributed by atoms with Crippen molar-refractivity contribution in [3.63, 3.8) is 0 Å². The molecular formula is C12H18N4OS. The first-order chi connectivity index (χ1) is 8.85. The fourth-order valence-corrected chi connectivity index (χ4v) is 2.49. The molecule has 98 valence electrons. The van der Waals surface area contributed by atoms with Crippen LogP contribution in [0.5, 0.6) is 0 Å². The molecule has 2 heterocycles. The molecule has 2 N–H and O–H groups in total. The van der Waals surface area contributed by atoms with Gasteiger partial charge in [-0.2, -0.15) is 0 Å². The lowest BCUT2D eigenvalue weighted by Gasteiger charge is -2.08. The van der Waals surface area contributed by atoms with E-state index in [0.29, 0.717) is 0 Å². The Morgan fingerprint density at radius 1 is 1.50 bits per heavy atom. The Morgan fingerprint density at radius 3 is 3.17 bits per heavy atom. The molecule has 0 radical (unpaired) electrons. The van der Waals surface area contributed by atoms with Gasteiger partial charge in [-0.25, -0.2) is 9.97 Å². The molecule has 0 amide bonds. The van der Waals surface area contributed by atoms with Crippen LogP contribution >= 0.6 is 11.8 Å². The van der Waals surface area contributed by atoms with E-state index < -0.39 is 0 Å². The van der Waals surface area contributed by atoms with Crippen LogP contribution < -0.4 is 5.32 Å². The van der Waals surface area contributed by atoms with Crippen molar-refractivity contribution in [3.05, 3.63) is 18.6 Å². The van der Waals surface area contributed by atoms with Crippen LogP contribution in [0.15, 0.2) is 23.6 Å². The fraction of sp³-hybridized carbons (Fsp3) is 0.500. The first-order valence-electron chi connectivity index (χ1n) is 6.16. The first-order valence-corrected chi connectivity index (χ1v) is 7.15. The summed E-state index contributed by atoms with van der Waals surface area (Å²) in [5, 5.41) is 13.0. The summed E-state index contributed by atoms with van der Waals surface area (Å²) in [6.07, 6.45) is 7.48. The van der Waals surface area contributed by atoms with E-state index in [-0.39, 0.29) is 6.61 Å². The minimum atomic E-state index is 0.214. The molecule has 0 aliphatic heterocycles. The van der Waals surface area contributed by atoms with Crippen molar-refractivity contribution in [2.45, 2.75) is 24.8 Å². The third-order valence-corrected chi connectivity index (χ3v) is 3.48. The smallest absolute Gasteiger partial charge is 0.169 e. The number of rotatable bonds is 7. The predicted octanol–water partition coefficient (Wildman–Crippen LogP) is 2.03. The number of fused-ring (bicyclic) bond motifs is 1. The van der Waals surface area contributed by atoms with E-state index >= 15 is 0 Å². The fourth-order valence-electron chi connectivity index (χ4n) is 1.57. The van der Waals surface area contributed by atoms with E-state index in [9.17, 15) is 0 Å². The molecule has 0 atom stereocenters. The summed E-state index contributed by atoms with van der Waals surface area (Å²) in [5.41, 5.74) is 0.875. The molecule has 0 spiro atoms. The van der Waals surface area contributed by atoms with Crippen LogP contribution in [-0.4, -0.2) is 38.4 Å². The van der Waals surface area contributed by atoms with Gasteiger partial charge in [0.1, 0.15) is 10.8 Å². The molecule has 2 aromatic rings. The summed E-state index contributed by atoms with van der Waals surface area (Å²) in [7, 11) is 0. The number of hydrogen-bond donors (Lipinski definition) is 2. The van der Waals surface area contributed by atoms with E-state index in [4.69, 9.17) is 5.11 Å². The second-order valence-electron chi connectivity index (χ2n) is 3.94. The molecule has 2 aromatic heterocycles. The molecular weight excluding hydrogens is 248 g/mol. The number of aliphatic hydroxyl groups excluding tert-OH is 1. The number of hydrogen-bond acceptors (Lipinski definition) is 5. The quantitative estimate of drug-likeness (QED) is 0.593. The van der Waals surface area contributed by atoms with Gasteiger partial charge in [-0.15, -0.1) is 11.8 Å². The summed E-state index contributed by atoms with van der Waals surface area (Å²) in [6, 6.07) is 0. The molecule has 6 heteroatoms. The monoisotopic (exact) mass is 266 g/mol. The normalized spacial score (nSPS) is 11.0. The van der Waals surface area contributed by atoms with E-state index in [1.54, 1.807) is 18.0 Å². The minimum Gasteiger partial charge on any atom is -0.396 e. The van der Waals surface area contributed by atoms with Crippen LogP contribution in [0.4, 0.5) is 5.82 Å². The average Bonchev–Trinajstić information content (AvgIpc) is 2.85. The predicted molar refractivity (Wildman–Crippen MR) is 74.2 cm³/mol. The van der Waals surface area contributed by atoms with Crippen molar-refractivity contribution in [1.29, 1.82) is 0 Å². The maximum atomic E-state index is 8.82. The zero-order chi connectivity index (χ0) is 12.8. The first kappa shape index (κ1) is 13.2. The Labute approximate surface area is 111 Å². The van der Waals surface area contributed by atoms with Gasteiger partial charge in [0, 0.05) is 31.3 Å². The van der Waals surface area contributed by atoms with Gasteiger partial charge in [0.25, 0.3) is 0 Å². The number of thioether (sulfide) groups is 1. The number of nitrogens with one attached hydrogen (secondary N) is 1. The Hall–Kier alpha value is -1.27. The van der Waals surface area contributed by atoms with E-state index in [1.165, 1.54) is 0 Å². The lowest BCUT2D eigenvalue weighted by Crippen LogP contribution is -2.04. The Morgan fingerprint density at radius 2 is 2.39 bits per heavy atom. The largest absolute Gasteiger partial charge is 0.396 e. The zero-order valence-electron chi connectivity index (χ0n) is 10.5. The number of aromatic nitrogens is 3. The molecule has 18 heavy (non-hydrogen) atoms. The SMILES string of the molecule is CCCNc1cn2ccnc2c(SCCCO)n1. The second-order valence-corrected chi connectivity index (χ2v) is 5.03. The Bertz CT molecular complexity index is 500. The van der Waals surface area contributed by atoms with Crippen molar-refractivity contribution in [2.24, 2.45) is 0 Å². The summed E-state index contributed by atoms with van der Waals surface area (Å²) in [6.45, 7) is 3.25. The van der Waals surface area contributed by atoms with Crippen molar-refractivity contribution in [3.8, 4) is 0 Å². The third-order valence-electron chi connectivity index (χ3n) is 2.44. The van der Waals surface area contributed by atoms with E-state index in [1.807, 2.05) is 16.8 Å². The van der Waals surface area contributed by atoms with Crippen molar-refractivity contribution in [2.75, 3.05) is 24.2 Å². The van der Waals surface area contributed by atoms with Gasteiger partial charge in [0.05, 0.1) is 6.20 Å². The third kappa shape index (κ3) is 3.14. The van der Waals surface area contributed by atoms with Gasteiger partial charge < -0.3 is 14.8 Å². The molecule has 0 aliphatic carbocycles. The molecule has 0 unspecified atom stereocenters.